The van der Waals surface area contributed by atoms with Crippen LogP contribution in [0.1, 0.15) is 18.1 Å². The molecule has 2 heterocycles. The Balaban J connectivity index is 1.54. The number of fused-ring (bicyclic) bond motifs is 2. The lowest BCUT2D eigenvalue weighted by molar-refractivity contribution is -0.127. The monoisotopic (exact) mass is 290 g/mol. The topological polar surface area (TPSA) is 61.4 Å². The number of carbonyl (C=O) groups excluding carboxylic acids is 1. The largest absolute Gasteiger partial charge is 0.387 e. The molecule has 3 aliphatic rings. The van der Waals surface area contributed by atoms with Gasteiger partial charge in [-0.25, -0.2) is 4.39 Å². The van der Waals surface area contributed by atoms with E-state index >= 15 is 0 Å². The molecule has 1 amide bonds. The van der Waals surface area contributed by atoms with Gasteiger partial charge in [-0.2, -0.15) is 0 Å². The smallest absolute Gasteiger partial charge is 0.225 e. The van der Waals surface area contributed by atoms with Crippen LogP contribution in [-0.2, 0) is 4.79 Å². The van der Waals surface area contributed by atoms with E-state index in [-0.39, 0.29) is 30.2 Å². The van der Waals surface area contributed by atoms with Gasteiger partial charge < -0.3 is 15.7 Å². The van der Waals surface area contributed by atoms with Gasteiger partial charge in [-0.3, -0.25) is 4.79 Å². The third-order valence-electron chi connectivity index (χ3n) is 4.26. The molecular weight excluding hydrogens is 271 g/mol. The Morgan fingerprint density at radius 3 is 2.71 bits per heavy atom. The van der Waals surface area contributed by atoms with Gasteiger partial charge in [0.05, 0.1) is 12.0 Å². The minimum absolute atomic E-state index is 0.0392. The number of benzene rings is 1. The highest BCUT2D eigenvalue weighted by Gasteiger charge is 2.36. The summed E-state index contributed by atoms with van der Waals surface area (Å²) in [6.45, 7) is 1.07. The molecule has 2 bridgehead atoms. The van der Waals surface area contributed by atoms with Crippen molar-refractivity contribution in [2.45, 2.75) is 18.6 Å². The van der Waals surface area contributed by atoms with Crippen molar-refractivity contribution in [3.8, 4) is 0 Å². The van der Waals surface area contributed by atoms with Gasteiger partial charge >= 0.3 is 0 Å². The lowest BCUT2D eigenvalue weighted by atomic mass is 9.78. The lowest BCUT2D eigenvalue weighted by Gasteiger charge is -2.38. The van der Waals surface area contributed by atoms with Gasteiger partial charge in [-0.15, -0.1) is 0 Å². The van der Waals surface area contributed by atoms with Crippen LogP contribution in [-0.4, -0.2) is 30.1 Å². The molecule has 1 aromatic rings. The minimum atomic E-state index is -0.821. The average molecular weight is 290 g/mol. The Bertz CT molecular complexity index is 544. The van der Waals surface area contributed by atoms with E-state index in [4.69, 9.17) is 0 Å². The van der Waals surface area contributed by atoms with Gasteiger partial charge in [0.25, 0.3) is 0 Å². The second-order valence-electron chi connectivity index (χ2n) is 5.73. The summed E-state index contributed by atoms with van der Waals surface area (Å²) in [7, 11) is 0. The van der Waals surface area contributed by atoms with Crippen molar-refractivity contribution in [1.29, 1.82) is 0 Å². The summed E-state index contributed by atoms with van der Waals surface area (Å²) < 4.78 is 12.8. The van der Waals surface area contributed by atoms with Crippen molar-refractivity contribution in [2.75, 3.05) is 13.1 Å². The van der Waals surface area contributed by atoms with Crippen LogP contribution >= 0.6 is 0 Å². The van der Waals surface area contributed by atoms with Crippen molar-refractivity contribution < 1.29 is 14.3 Å². The molecule has 5 heteroatoms. The molecule has 4 atom stereocenters. The van der Waals surface area contributed by atoms with Gasteiger partial charge in [-0.05, 0) is 30.0 Å². The summed E-state index contributed by atoms with van der Waals surface area (Å²) in [6.07, 6.45) is 4.25. The molecule has 4 nitrogen and oxygen atoms in total. The highest BCUT2D eigenvalue weighted by molar-refractivity contribution is 5.80. The Morgan fingerprint density at radius 2 is 2.14 bits per heavy atom. The molecule has 1 fully saturated rings. The number of aliphatic hydroxyl groups is 1. The molecule has 0 spiro atoms. The van der Waals surface area contributed by atoms with Crippen molar-refractivity contribution in [3.05, 3.63) is 47.8 Å². The first-order chi connectivity index (χ1) is 10.1. The van der Waals surface area contributed by atoms with Crippen molar-refractivity contribution >= 4 is 5.91 Å². The van der Waals surface area contributed by atoms with E-state index in [1.165, 1.54) is 24.3 Å². The molecule has 21 heavy (non-hydrogen) atoms. The fourth-order valence-corrected chi connectivity index (χ4v) is 3.01. The number of rotatable bonds is 4. The van der Waals surface area contributed by atoms with E-state index in [0.29, 0.717) is 11.5 Å². The predicted molar refractivity (Wildman–Crippen MR) is 76.9 cm³/mol. The second kappa shape index (κ2) is 5.95. The number of aliphatic hydroxyl groups excluding tert-OH is 1. The SMILES string of the molecule is O=C(NC[C@@H](O)c1ccc(F)cc1)[C@@H]1C[C@H]2C=C[C@H]1NC2. The van der Waals surface area contributed by atoms with Crippen LogP contribution in [0.15, 0.2) is 36.4 Å². The first-order valence-corrected chi connectivity index (χ1v) is 7.26. The van der Waals surface area contributed by atoms with E-state index in [1.807, 2.05) is 0 Å². The fourth-order valence-electron chi connectivity index (χ4n) is 3.01. The first kappa shape index (κ1) is 14.2. The predicted octanol–water partition coefficient (Wildman–Crippen LogP) is 1.14. The van der Waals surface area contributed by atoms with E-state index in [2.05, 4.69) is 22.8 Å². The minimum Gasteiger partial charge on any atom is -0.387 e. The molecule has 1 saturated heterocycles. The number of hydrogen-bond acceptors (Lipinski definition) is 3. The maximum Gasteiger partial charge on any atom is 0.225 e. The zero-order valence-electron chi connectivity index (χ0n) is 11.6. The van der Waals surface area contributed by atoms with Gasteiger partial charge in [0.2, 0.25) is 5.91 Å². The summed E-state index contributed by atoms with van der Waals surface area (Å²) >= 11 is 0. The van der Waals surface area contributed by atoms with Gasteiger partial charge in [-0.1, -0.05) is 24.3 Å². The van der Waals surface area contributed by atoms with Crippen molar-refractivity contribution in [1.82, 2.24) is 10.6 Å². The van der Waals surface area contributed by atoms with Crippen LogP contribution in [0, 0.1) is 17.7 Å². The molecule has 112 valence electrons. The fraction of sp³-hybridized carbons (Fsp3) is 0.438. The highest BCUT2D eigenvalue weighted by Crippen LogP contribution is 2.28. The zero-order chi connectivity index (χ0) is 14.8. The first-order valence-electron chi connectivity index (χ1n) is 7.26. The maximum absolute atomic E-state index is 12.8. The number of nitrogens with one attached hydrogen (secondary N) is 2. The number of carbonyl (C=O) groups is 1. The summed E-state index contributed by atoms with van der Waals surface area (Å²) in [5, 5.41) is 16.1. The van der Waals surface area contributed by atoms with Gasteiger partial charge in [0.1, 0.15) is 5.82 Å². The van der Waals surface area contributed by atoms with Crippen molar-refractivity contribution in [2.24, 2.45) is 11.8 Å². The third-order valence-corrected chi connectivity index (χ3v) is 4.26. The zero-order valence-corrected chi connectivity index (χ0v) is 11.6. The number of halogens is 1. The van der Waals surface area contributed by atoms with Gasteiger partial charge in [0, 0.05) is 19.1 Å². The van der Waals surface area contributed by atoms with Crippen LogP contribution < -0.4 is 10.6 Å². The molecule has 3 N–H and O–H groups in total. The number of amides is 1. The third kappa shape index (κ3) is 3.14. The molecule has 2 aliphatic heterocycles. The Morgan fingerprint density at radius 1 is 1.38 bits per heavy atom. The van der Waals surface area contributed by atoms with E-state index in [1.54, 1.807) is 0 Å². The standard InChI is InChI=1S/C16H19FN2O2/c17-12-4-2-11(3-5-12)15(20)9-19-16(21)13-7-10-1-6-14(13)18-8-10/h1-6,10,13-15,18,20H,7-9H2,(H,19,21)/t10-,13-,14-,15-/m1/s1. The van der Waals surface area contributed by atoms with E-state index in [9.17, 15) is 14.3 Å². The normalized spacial score (nSPS) is 28.4. The Hall–Kier alpha value is -1.72. The lowest BCUT2D eigenvalue weighted by Crippen LogP contribution is -2.52. The van der Waals surface area contributed by atoms with E-state index in [0.717, 1.165) is 13.0 Å². The summed E-state index contributed by atoms with van der Waals surface area (Å²) in [6, 6.07) is 5.75. The van der Waals surface area contributed by atoms with Crippen molar-refractivity contribution in [3.63, 3.8) is 0 Å². The van der Waals surface area contributed by atoms with Crippen LogP contribution in [0.5, 0.6) is 0 Å². The molecule has 1 aromatic carbocycles. The average Bonchev–Trinajstić information content (AvgIpc) is 2.54. The molecule has 0 aromatic heterocycles. The molecular formula is C16H19FN2O2. The maximum atomic E-state index is 12.8. The quantitative estimate of drug-likeness (QED) is 0.729. The van der Waals surface area contributed by atoms with Crippen LogP contribution in [0.25, 0.3) is 0 Å². The second-order valence-corrected chi connectivity index (χ2v) is 5.73. The summed E-state index contributed by atoms with van der Waals surface area (Å²) in [5.74, 6) is -0.0317. The van der Waals surface area contributed by atoms with Crippen LogP contribution in [0.3, 0.4) is 0 Å². The molecule has 0 unspecified atom stereocenters. The number of piperidine rings is 1. The number of hydrogen-bond donors (Lipinski definition) is 3. The van der Waals surface area contributed by atoms with Crippen LogP contribution in [0.2, 0.25) is 0 Å². The molecule has 4 rings (SSSR count). The molecule has 0 saturated carbocycles. The Labute approximate surface area is 123 Å². The molecule has 1 aliphatic carbocycles. The van der Waals surface area contributed by atoms with E-state index < -0.39 is 6.10 Å². The summed E-state index contributed by atoms with van der Waals surface area (Å²) in [5.41, 5.74) is 0.597. The summed E-state index contributed by atoms with van der Waals surface area (Å²) in [4.78, 5) is 12.2. The van der Waals surface area contributed by atoms with Crippen LogP contribution in [0.4, 0.5) is 4.39 Å². The highest BCUT2D eigenvalue weighted by atomic mass is 19.1. The van der Waals surface area contributed by atoms with Gasteiger partial charge in [0.15, 0.2) is 0 Å². The Kier molecular flexibility index (Phi) is 4.03. The molecule has 0 radical (unpaired) electrons.